The molecule has 1 unspecified atom stereocenters. The number of oxime groups is 1. The van der Waals surface area contributed by atoms with Crippen molar-refractivity contribution in [3.05, 3.63) is 35.9 Å². The molecule has 1 aromatic rings. The summed E-state index contributed by atoms with van der Waals surface area (Å²) in [5.74, 6) is -0.306. The summed E-state index contributed by atoms with van der Waals surface area (Å²) in [5.41, 5.74) is 1.41. The van der Waals surface area contributed by atoms with Gasteiger partial charge in [0.1, 0.15) is 6.61 Å². The largest absolute Gasteiger partial charge is 0.464 e. The molecule has 0 radical (unpaired) electrons. The first-order chi connectivity index (χ1) is 10.2. The minimum atomic E-state index is -0.397. The second-order valence-corrected chi connectivity index (χ2v) is 4.97. The van der Waals surface area contributed by atoms with Crippen LogP contribution in [0.4, 0.5) is 0 Å². The highest BCUT2D eigenvalue weighted by molar-refractivity contribution is 6.37. The lowest BCUT2D eigenvalue weighted by atomic mass is 9.94. The molecule has 116 valence electrons. The van der Waals surface area contributed by atoms with Crippen molar-refractivity contribution in [2.75, 3.05) is 7.11 Å². The fourth-order valence-corrected chi connectivity index (χ4v) is 2.12. The third kappa shape index (κ3) is 5.98. The zero-order valence-electron chi connectivity index (χ0n) is 13.2. The maximum Gasteiger partial charge on any atom is 0.356 e. The molecule has 0 fully saturated rings. The van der Waals surface area contributed by atoms with E-state index in [4.69, 9.17) is 9.57 Å². The molecule has 4 heteroatoms. The number of unbranched alkanes of at least 4 members (excludes halogenated alkanes) is 1. The molecule has 0 aliphatic heterocycles. The van der Waals surface area contributed by atoms with E-state index in [1.54, 1.807) is 0 Å². The molecule has 0 aliphatic carbocycles. The zero-order valence-corrected chi connectivity index (χ0v) is 13.2. The maximum atomic E-state index is 11.9. The van der Waals surface area contributed by atoms with Gasteiger partial charge in [-0.15, -0.1) is 0 Å². The summed E-state index contributed by atoms with van der Waals surface area (Å²) in [6, 6.07) is 9.76. The predicted octanol–water partition coefficient (Wildman–Crippen LogP) is 3.95. The highest BCUT2D eigenvalue weighted by Crippen LogP contribution is 2.16. The second kappa shape index (κ2) is 9.97. The van der Waals surface area contributed by atoms with E-state index >= 15 is 0 Å². The maximum absolute atomic E-state index is 11.9. The number of methoxy groups -OCH3 is 1. The van der Waals surface area contributed by atoms with Crippen molar-refractivity contribution in [3.8, 4) is 0 Å². The minimum absolute atomic E-state index is 0.0909. The lowest BCUT2D eigenvalue weighted by molar-refractivity contribution is -0.133. The van der Waals surface area contributed by atoms with Crippen LogP contribution >= 0.6 is 0 Å². The van der Waals surface area contributed by atoms with Gasteiger partial charge in [0.15, 0.2) is 5.71 Å². The van der Waals surface area contributed by atoms with Gasteiger partial charge in [0.05, 0.1) is 7.11 Å². The molecule has 0 aromatic heterocycles. The molecule has 0 saturated carbocycles. The number of carbonyl (C=O) groups is 1. The summed E-state index contributed by atoms with van der Waals surface area (Å²) in [7, 11) is 1.38. The third-order valence-corrected chi connectivity index (χ3v) is 3.42. The molecular weight excluding hydrogens is 266 g/mol. The quantitative estimate of drug-likeness (QED) is 0.393. The first-order valence-electron chi connectivity index (χ1n) is 7.54. The zero-order chi connectivity index (χ0) is 15.5. The topological polar surface area (TPSA) is 47.9 Å². The molecule has 1 rings (SSSR count). The van der Waals surface area contributed by atoms with Crippen molar-refractivity contribution in [2.24, 2.45) is 11.1 Å². The van der Waals surface area contributed by atoms with E-state index < -0.39 is 5.97 Å². The Balaban J connectivity index is 2.71. The number of hydrogen-bond acceptors (Lipinski definition) is 4. The van der Waals surface area contributed by atoms with Crippen LogP contribution in [-0.4, -0.2) is 18.8 Å². The molecule has 21 heavy (non-hydrogen) atoms. The van der Waals surface area contributed by atoms with Crippen LogP contribution in [0, 0.1) is 5.92 Å². The van der Waals surface area contributed by atoms with E-state index in [1.807, 2.05) is 30.3 Å². The lowest BCUT2D eigenvalue weighted by Gasteiger charge is -2.15. The summed E-state index contributed by atoms with van der Waals surface area (Å²) in [4.78, 5) is 17.2. The van der Waals surface area contributed by atoms with Crippen molar-refractivity contribution < 1.29 is 14.4 Å². The van der Waals surface area contributed by atoms with Crippen LogP contribution < -0.4 is 0 Å². The van der Waals surface area contributed by atoms with Crippen LogP contribution in [0.1, 0.15) is 45.1 Å². The van der Waals surface area contributed by atoms with Crippen LogP contribution in [0.15, 0.2) is 35.5 Å². The Kier molecular flexibility index (Phi) is 8.17. The van der Waals surface area contributed by atoms with E-state index in [-0.39, 0.29) is 5.92 Å². The summed E-state index contributed by atoms with van der Waals surface area (Å²) >= 11 is 0. The van der Waals surface area contributed by atoms with E-state index in [0.29, 0.717) is 12.3 Å². The fraction of sp³-hybridized carbons (Fsp3) is 0.529. The van der Waals surface area contributed by atoms with Gasteiger partial charge in [-0.1, -0.05) is 62.2 Å². The molecule has 0 amide bonds. The summed E-state index contributed by atoms with van der Waals surface area (Å²) in [5, 5.41) is 4.06. The number of esters is 1. The summed E-state index contributed by atoms with van der Waals surface area (Å²) in [6.07, 6.45) is 3.93. The predicted molar refractivity (Wildman–Crippen MR) is 84.0 cm³/mol. The minimum Gasteiger partial charge on any atom is -0.464 e. The number of ether oxygens (including phenoxy) is 1. The number of hydrogen-bond donors (Lipinski definition) is 0. The van der Waals surface area contributed by atoms with Gasteiger partial charge in [0.25, 0.3) is 0 Å². The van der Waals surface area contributed by atoms with Gasteiger partial charge in [-0.05, 0) is 18.4 Å². The fourth-order valence-electron chi connectivity index (χ4n) is 2.12. The molecule has 4 nitrogen and oxygen atoms in total. The summed E-state index contributed by atoms with van der Waals surface area (Å²) < 4.78 is 4.83. The van der Waals surface area contributed by atoms with Crippen LogP contribution in [-0.2, 0) is 21.0 Å². The average Bonchev–Trinajstić information content (AvgIpc) is 2.54. The highest BCUT2D eigenvalue weighted by atomic mass is 16.6. The van der Waals surface area contributed by atoms with E-state index in [9.17, 15) is 4.79 Å². The van der Waals surface area contributed by atoms with E-state index in [0.717, 1.165) is 31.2 Å². The average molecular weight is 291 g/mol. The number of nitrogens with zero attached hydrogens (tertiary/aromatic N) is 1. The van der Waals surface area contributed by atoms with Gasteiger partial charge >= 0.3 is 5.97 Å². The smallest absolute Gasteiger partial charge is 0.356 e. The Morgan fingerprint density at radius 1 is 1.24 bits per heavy atom. The van der Waals surface area contributed by atoms with Gasteiger partial charge in [-0.3, -0.25) is 0 Å². The van der Waals surface area contributed by atoms with Gasteiger partial charge in [-0.2, -0.15) is 0 Å². The van der Waals surface area contributed by atoms with Gasteiger partial charge < -0.3 is 9.57 Å². The van der Waals surface area contributed by atoms with Gasteiger partial charge in [0.2, 0.25) is 0 Å². The summed E-state index contributed by atoms with van der Waals surface area (Å²) in [6.45, 7) is 4.54. The van der Waals surface area contributed by atoms with Crippen molar-refractivity contribution in [3.63, 3.8) is 0 Å². The Morgan fingerprint density at radius 3 is 2.52 bits per heavy atom. The van der Waals surface area contributed by atoms with E-state index in [1.165, 1.54) is 7.11 Å². The first-order valence-corrected chi connectivity index (χ1v) is 7.54. The Labute approximate surface area is 127 Å². The number of benzene rings is 1. The molecule has 0 aliphatic rings. The third-order valence-electron chi connectivity index (χ3n) is 3.42. The first kappa shape index (κ1) is 17.2. The van der Waals surface area contributed by atoms with Crippen LogP contribution in [0.3, 0.4) is 0 Å². The molecular formula is C17H25NO3. The van der Waals surface area contributed by atoms with Crippen LogP contribution in [0.25, 0.3) is 0 Å². The molecule has 0 spiro atoms. The lowest BCUT2D eigenvalue weighted by Crippen LogP contribution is -2.25. The van der Waals surface area contributed by atoms with Crippen molar-refractivity contribution in [2.45, 2.75) is 46.1 Å². The number of carbonyl (C=O) groups excluding carboxylic acids is 1. The van der Waals surface area contributed by atoms with Crippen LogP contribution in [0.2, 0.25) is 0 Å². The Hall–Kier alpha value is -1.84. The van der Waals surface area contributed by atoms with Crippen LogP contribution in [0.5, 0.6) is 0 Å². The standard InChI is InChI=1S/C17H25NO3/c1-4-6-12-15(5-2)16(17(19)20-3)18-21-13-14-10-8-7-9-11-14/h7-11,15H,4-6,12-13H2,1-3H3/b18-16-. The van der Waals surface area contributed by atoms with Crippen molar-refractivity contribution in [1.82, 2.24) is 0 Å². The van der Waals surface area contributed by atoms with E-state index in [2.05, 4.69) is 19.0 Å². The monoisotopic (exact) mass is 291 g/mol. The molecule has 0 saturated heterocycles. The molecule has 1 atom stereocenters. The molecule has 0 bridgehead atoms. The number of rotatable bonds is 9. The van der Waals surface area contributed by atoms with Gasteiger partial charge in [0, 0.05) is 5.92 Å². The van der Waals surface area contributed by atoms with Crippen molar-refractivity contribution >= 4 is 11.7 Å². The second-order valence-electron chi connectivity index (χ2n) is 4.97. The van der Waals surface area contributed by atoms with Gasteiger partial charge in [-0.25, -0.2) is 4.79 Å². The molecule has 0 N–H and O–H groups in total. The van der Waals surface area contributed by atoms with Crippen molar-refractivity contribution in [1.29, 1.82) is 0 Å². The SMILES string of the molecule is CCCCC(CC)/C(=N/OCc1ccccc1)C(=O)OC. The Morgan fingerprint density at radius 2 is 1.95 bits per heavy atom. The highest BCUT2D eigenvalue weighted by Gasteiger charge is 2.23. The normalized spacial score (nSPS) is 12.8. The molecule has 0 heterocycles. The Bertz CT molecular complexity index is 443. The molecule has 1 aromatic carbocycles.